The zero-order valence-corrected chi connectivity index (χ0v) is 10.6. The van der Waals surface area contributed by atoms with Gasteiger partial charge >= 0.3 is 0 Å². The molecule has 92 valence electrons. The maximum atomic E-state index is 5.40. The van der Waals surface area contributed by atoms with Crippen molar-refractivity contribution in [3.8, 4) is 5.75 Å². The number of para-hydroxylation sites is 1. The molecule has 0 spiro atoms. The van der Waals surface area contributed by atoms with E-state index >= 15 is 0 Å². The van der Waals surface area contributed by atoms with Crippen molar-refractivity contribution in [3.05, 3.63) is 42.0 Å². The minimum absolute atomic E-state index is 0.318. The average Bonchev–Trinajstić information content (AvgIpc) is 2.40. The Balaban J connectivity index is 2.05. The molecule has 2 nitrogen and oxygen atoms in total. The van der Waals surface area contributed by atoms with Gasteiger partial charge in [0.15, 0.2) is 0 Å². The van der Waals surface area contributed by atoms with Gasteiger partial charge in [-0.25, -0.2) is 0 Å². The van der Waals surface area contributed by atoms with Gasteiger partial charge in [-0.05, 0) is 32.3 Å². The van der Waals surface area contributed by atoms with E-state index in [1.165, 1.54) is 24.8 Å². The van der Waals surface area contributed by atoms with Crippen molar-refractivity contribution in [1.82, 2.24) is 5.32 Å². The highest BCUT2D eigenvalue weighted by molar-refractivity contribution is 5.35. The van der Waals surface area contributed by atoms with Gasteiger partial charge in [-0.3, -0.25) is 0 Å². The molecule has 0 saturated heterocycles. The first-order valence-corrected chi connectivity index (χ1v) is 6.37. The quantitative estimate of drug-likeness (QED) is 0.801. The Morgan fingerprint density at radius 1 is 1.35 bits per heavy atom. The average molecular weight is 231 g/mol. The van der Waals surface area contributed by atoms with E-state index in [0.717, 1.165) is 5.75 Å². The lowest BCUT2D eigenvalue weighted by molar-refractivity contribution is 0.395. The van der Waals surface area contributed by atoms with E-state index in [4.69, 9.17) is 4.74 Å². The highest BCUT2D eigenvalue weighted by atomic mass is 16.5. The van der Waals surface area contributed by atoms with Gasteiger partial charge in [-0.15, -0.1) is 0 Å². The van der Waals surface area contributed by atoms with Crippen LogP contribution in [0.2, 0.25) is 0 Å². The van der Waals surface area contributed by atoms with E-state index < -0.39 is 0 Å². The van der Waals surface area contributed by atoms with Gasteiger partial charge in [0.25, 0.3) is 0 Å². The summed E-state index contributed by atoms with van der Waals surface area (Å²) in [5.74, 6) is 0.965. The van der Waals surface area contributed by atoms with Gasteiger partial charge in [0.2, 0.25) is 0 Å². The number of nitrogens with one attached hydrogen (secondary N) is 1. The van der Waals surface area contributed by atoms with Crippen LogP contribution >= 0.6 is 0 Å². The predicted molar refractivity (Wildman–Crippen MR) is 71.3 cm³/mol. The summed E-state index contributed by atoms with van der Waals surface area (Å²) in [5.41, 5.74) is 1.23. The highest BCUT2D eigenvalue weighted by Crippen LogP contribution is 2.25. The summed E-state index contributed by atoms with van der Waals surface area (Å²) < 4.78 is 5.40. The van der Waals surface area contributed by atoms with Gasteiger partial charge < -0.3 is 10.1 Å². The van der Waals surface area contributed by atoms with Crippen LogP contribution in [0, 0.1) is 0 Å². The third-order valence-corrected chi connectivity index (χ3v) is 3.32. The number of benzene rings is 1. The molecule has 0 amide bonds. The maximum Gasteiger partial charge on any atom is 0.123 e. The van der Waals surface area contributed by atoms with Crippen LogP contribution in [0.25, 0.3) is 0 Å². The van der Waals surface area contributed by atoms with Crippen molar-refractivity contribution in [2.45, 2.75) is 38.3 Å². The second kappa shape index (κ2) is 5.87. The lowest BCUT2D eigenvalue weighted by atomic mass is 10.00. The molecule has 0 aromatic heterocycles. The van der Waals surface area contributed by atoms with Crippen molar-refractivity contribution in [2.24, 2.45) is 0 Å². The largest absolute Gasteiger partial charge is 0.496 e. The Kier molecular flexibility index (Phi) is 4.21. The molecule has 1 N–H and O–H groups in total. The van der Waals surface area contributed by atoms with Gasteiger partial charge in [0, 0.05) is 17.6 Å². The van der Waals surface area contributed by atoms with Crippen LogP contribution < -0.4 is 10.1 Å². The third kappa shape index (κ3) is 3.10. The molecule has 1 aliphatic rings. The van der Waals surface area contributed by atoms with Crippen LogP contribution in [0.3, 0.4) is 0 Å². The summed E-state index contributed by atoms with van der Waals surface area (Å²) in [6, 6.07) is 9.04. The summed E-state index contributed by atoms with van der Waals surface area (Å²) in [6.45, 7) is 2.19. The molecule has 2 rings (SSSR count). The Bertz CT molecular complexity index is 386. The Morgan fingerprint density at radius 2 is 2.18 bits per heavy atom. The fourth-order valence-corrected chi connectivity index (χ4v) is 2.39. The molecule has 0 heterocycles. The number of hydrogen-bond acceptors (Lipinski definition) is 2. The van der Waals surface area contributed by atoms with Crippen molar-refractivity contribution >= 4 is 0 Å². The number of allylic oxidation sites excluding steroid dienone is 1. The topological polar surface area (TPSA) is 21.3 Å². The number of ether oxygens (including phenoxy) is 1. The lowest BCUT2D eigenvalue weighted by Crippen LogP contribution is -2.31. The monoisotopic (exact) mass is 231 g/mol. The summed E-state index contributed by atoms with van der Waals surface area (Å²) >= 11 is 0. The molecular weight excluding hydrogens is 210 g/mol. The second-order valence-electron chi connectivity index (χ2n) is 4.60. The van der Waals surface area contributed by atoms with Crippen molar-refractivity contribution in [1.29, 1.82) is 0 Å². The maximum absolute atomic E-state index is 5.40. The van der Waals surface area contributed by atoms with Crippen LogP contribution in [-0.4, -0.2) is 13.2 Å². The van der Waals surface area contributed by atoms with Gasteiger partial charge in [0.05, 0.1) is 7.11 Å². The minimum Gasteiger partial charge on any atom is -0.496 e. The first kappa shape index (κ1) is 12.2. The fourth-order valence-electron chi connectivity index (χ4n) is 2.39. The predicted octanol–water partition coefficient (Wildman–Crippen LogP) is 3.45. The highest BCUT2D eigenvalue weighted by Gasteiger charge is 2.15. The summed E-state index contributed by atoms with van der Waals surface area (Å²) in [7, 11) is 1.73. The van der Waals surface area contributed by atoms with E-state index in [0.29, 0.717) is 12.1 Å². The molecule has 1 aromatic rings. The minimum atomic E-state index is 0.318. The molecule has 1 unspecified atom stereocenters. The molecule has 0 saturated carbocycles. The fraction of sp³-hybridized carbons (Fsp3) is 0.467. The van der Waals surface area contributed by atoms with Crippen LogP contribution in [0.15, 0.2) is 36.4 Å². The van der Waals surface area contributed by atoms with Crippen LogP contribution in [0.5, 0.6) is 5.75 Å². The Labute approximate surface area is 104 Å². The molecule has 2 heteroatoms. The van der Waals surface area contributed by atoms with E-state index in [1.807, 2.05) is 12.1 Å². The molecule has 1 aromatic carbocycles. The molecule has 1 aliphatic carbocycles. The van der Waals surface area contributed by atoms with E-state index in [2.05, 4.69) is 36.5 Å². The van der Waals surface area contributed by atoms with Crippen molar-refractivity contribution in [2.75, 3.05) is 7.11 Å². The van der Waals surface area contributed by atoms with Gasteiger partial charge in [-0.1, -0.05) is 30.4 Å². The first-order chi connectivity index (χ1) is 8.31. The summed E-state index contributed by atoms with van der Waals surface area (Å²) in [4.78, 5) is 0. The molecule has 0 radical (unpaired) electrons. The lowest BCUT2D eigenvalue weighted by Gasteiger charge is -2.24. The van der Waals surface area contributed by atoms with E-state index in [-0.39, 0.29) is 0 Å². The molecule has 0 fully saturated rings. The normalized spacial score (nSPS) is 21.2. The molecule has 2 atom stereocenters. The smallest absolute Gasteiger partial charge is 0.123 e. The number of hydrogen-bond donors (Lipinski definition) is 1. The molecule has 0 aliphatic heterocycles. The standard InChI is InChI=1S/C15H21NO/c1-12(16-13-8-4-3-5-9-13)14-10-6-7-11-15(14)17-2/h4,6-8,10-13,16H,3,5,9H2,1-2H3/t12-,13?/m0/s1. The molecule has 0 bridgehead atoms. The van der Waals surface area contributed by atoms with E-state index in [1.54, 1.807) is 7.11 Å². The summed E-state index contributed by atoms with van der Waals surface area (Å²) in [6.07, 6.45) is 8.30. The first-order valence-electron chi connectivity index (χ1n) is 6.37. The second-order valence-corrected chi connectivity index (χ2v) is 4.60. The molecular formula is C15H21NO. The Morgan fingerprint density at radius 3 is 2.88 bits per heavy atom. The van der Waals surface area contributed by atoms with Crippen LogP contribution in [0.4, 0.5) is 0 Å². The SMILES string of the molecule is COc1ccccc1[C@H](C)NC1C=CCCC1. The Hall–Kier alpha value is -1.28. The van der Waals surface area contributed by atoms with Crippen molar-refractivity contribution < 1.29 is 4.74 Å². The van der Waals surface area contributed by atoms with Crippen LogP contribution in [-0.2, 0) is 0 Å². The summed E-state index contributed by atoms with van der Waals surface area (Å²) in [5, 5.41) is 3.64. The van der Waals surface area contributed by atoms with Gasteiger partial charge in [0.1, 0.15) is 5.75 Å². The zero-order chi connectivity index (χ0) is 12.1. The van der Waals surface area contributed by atoms with Crippen molar-refractivity contribution in [3.63, 3.8) is 0 Å². The van der Waals surface area contributed by atoms with Gasteiger partial charge in [-0.2, -0.15) is 0 Å². The van der Waals surface area contributed by atoms with Crippen LogP contribution in [0.1, 0.15) is 37.8 Å². The zero-order valence-electron chi connectivity index (χ0n) is 10.6. The molecule has 17 heavy (non-hydrogen) atoms. The third-order valence-electron chi connectivity index (χ3n) is 3.32. The van der Waals surface area contributed by atoms with E-state index in [9.17, 15) is 0 Å². The number of methoxy groups -OCH3 is 1. The number of rotatable bonds is 4.